The summed E-state index contributed by atoms with van der Waals surface area (Å²) in [6.45, 7) is 4.99. The van der Waals surface area contributed by atoms with Crippen molar-refractivity contribution in [3.63, 3.8) is 0 Å². The van der Waals surface area contributed by atoms with E-state index in [1.807, 2.05) is 13.0 Å². The number of carbonyl (C=O) groups is 1. The van der Waals surface area contributed by atoms with Gasteiger partial charge in [0.2, 0.25) is 0 Å². The minimum absolute atomic E-state index is 0.119. The largest absolute Gasteiger partial charge is 0.476 e. The molecule has 0 N–H and O–H groups in total. The third kappa shape index (κ3) is 4.46. The van der Waals surface area contributed by atoms with Crippen molar-refractivity contribution >= 4 is 23.2 Å². The van der Waals surface area contributed by atoms with Crippen molar-refractivity contribution in [1.29, 1.82) is 0 Å². The summed E-state index contributed by atoms with van der Waals surface area (Å²) >= 11 is 5.84. The van der Waals surface area contributed by atoms with Crippen LogP contribution in [-0.2, 0) is 16.1 Å². The van der Waals surface area contributed by atoms with Gasteiger partial charge >= 0.3 is 5.97 Å². The van der Waals surface area contributed by atoms with Gasteiger partial charge in [0.1, 0.15) is 18.0 Å². The van der Waals surface area contributed by atoms with E-state index < -0.39 is 11.6 Å². The van der Waals surface area contributed by atoms with Crippen LogP contribution in [0.5, 0.6) is 5.75 Å². The van der Waals surface area contributed by atoms with E-state index in [1.165, 1.54) is 10.5 Å². The Morgan fingerprint density at radius 3 is 2.59 bits per heavy atom. The summed E-state index contributed by atoms with van der Waals surface area (Å²) in [5, 5.41) is 0.576. The minimum atomic E-state index is -1.21. The number of nitrogens with zero attached hydrogens (tertiary/aromatic N) is 2. The molecule has 1 aromatic carbocycles. The van der Waals surface area contributed by atoms with Crippen molar-refractivity contribution in [1.82, 2.24) is 9.38 Å². The highest BCUT2D eigenvalue weighted by Gasteiger charge is 2.32. The van der Waals surface area contributed by atoms with Gasteiger partial charge in [0.25, 0.3) is 5.56 Å². The molecule has 0 radical (unpaired) electrons. The molecule has 2 aromatic heterocycles. The lowest BCUT2D eigenvalue weighted by atomic mass is 10.1. The van der Waals surface area contributed by atoms with E-state index in [9.17, 15) is 9.59 Å². The van der Waals surface area contributed by atoms with Crippen molar-refractivity contribution in [3.05, 3.63) is 75.3 Å². The standard InChI is InChI=1S/C20H19ClN2O4/c1-13-4-9-17-22-15(10-18(24)23(17)11-13)12-26-19(25)20(2,3)27-16-7-5-14(21)6-8-16/h4-11H,12H2,1-3H3. The van der Waals surface area contributed by atoms with Gasteiger partial charge in [-0.05, 0) is 56.7 Å². The molecular weight excluding hydrogens is 368 g/mol. The van der Waals surface area contributed by atoms with E-state index in [-0.39, 0.29) is 12.2 Å². The van der Waals surface area contributed by atoms with E-state index in [1.54, 1.807) is 50.4 Å². The number of aryl methyl sites for hydroxylation is 1. The quantitative estimate of drug-likeness (QED) is 0.627. The third-order valence-corrected chi connectivity index (χ3v) is 4.14. The lowest BCUT2D eigenvalue weighted by Crippen LogP contribution is -2.39. The maximum Gasteiger partial charge on any atom is 0.350 e. The van der Waals surface area contributed by atoms with Crippen molar-refractivity contribution in [2.75, 3.05) is 0 Å². The molecule has 0 spiro atoms. The fourth-order valence-corrected chi connectivity index (χ4v) is 2.61. The monoisotopic (exact) mass is 386 g/mol. The highest BCUT2D eigenvalue weighted by atomic mass is 35.5. The Kier molecular flexibility index (Phi) is 5.19. The molecule has 3 rings (SSSR count). The number of rotatable bonds is 5. The number of hydrogen-bond donors (Lipinski definition) is 0. The summed E-state index contributed by atoms with van der Waals surface area (Å²) in [4.78, 5) is 29.0. The van der Waals surface area contributed by atoms with Gasteiger partial charge in [0, 0.05) is 17.3 Å². The van der Waals surface area contributed by atoms with Gasteiger partial charge in [0.15, 0.2) is 5.60 Å². The Labute approximate surface area is 161 Å². The molecule has 0 fully saturated rings. The van der Waals surface area contributed by atoms with E-state index in [0.717, 1.165) is 5.56 Å². The zero-order valence-electron chi connectivity index (χ0n) is 15.2. The molecule has 0 bridgehead atoms. The second kappa shape index (κ2) is 7.40. The van der Waals surface area contributed by atoms with Crippen LogP contribution in [0.4, 0.5) is 0 Å². The van der Waals surface area contributed by atoms with Gasteiger partial charge in [-0.2, -0.15) is 0 Å². The van der Waals surface area contributed by atoms with E-state index >= 15 is 0 Å². The van der Waals surface area contributed by atoms with Gasteiger partial charge in [-0.25, -0.2) is 9.78 Å². The van der Waals surface area contributed by atoms with Crippen LogP contribution in [0.25, 0.3) is 5.65 Å². The van der Waals surface area contributed by atoms with Gasteiger partial charge in [-0.1, -0.05) is 17.7 Å². The molecule has 0 saturated carbocycles. The van der Waals surface area contributed by atoms with Crippen LogP contribution in [0.3, 0.4) is 0 Å². The summed E-state index contributed by atoms with van der Waals surface area (Å²) in [6, 6.07) is 11.7. The maximum absolute atomic E-state index is 12.4. The molecule has 27 heavy (non-hydrogen) atoms. The molecule has 7 heteroatoms. The normalized spacial score (nSPS) is 11.4. The number of pyridine rings is 1. The Hall–Kier alpha value is -2.86. The van der Waals surface area contributed by atoms with Gasteiger partial charge in [-0.3, -0.25) is 9.20 Å². The Balaban J connectivity index is 1.71. The molecule has 140 valence electrons. The second-order valence-electron chi connectivity index (χ2n) is 6.66. The number of benzene rings is 1. The van der Waals surface area contributed by atoms with Crippen LogP contribution < -0.4 is 10.3 Å². The van der Waals surface area contributed by atoms with Crippen molar-refractivity contribution < 1.29 is 14.3 Å². The van der Waals surface area contributed by atoms with Crippen LogP contribution >= 0.6 is 11.6 Å². The molecule has 0 aliphatic carbocycles. The SMILES string of the molecule is Cc1ccc2nc(COC(=O)C(C)(C)Oc3ccc(Cl)cc3)cc(=O)n2c1. The average Bonchev–Trinajstić information content (AvgIpc) is 2.62. The Morgan fingerprint density at radius 2 is 1.89 bits per heavy atom. The fraction of sp³-hybridized carbons (Fsp3) is 0.250. The molecule has 3 aromatic rings. The smallest absolute Gasteiger partial charge is 0.350 e. The highest BCUT2D eigenvalue weighted by Crippen LogP contribution is 2.22. The molecular formula is C20H19ClN2O4. The van der Waals surface area contributed by atoms with E-state index in [0.29, 0.717) is 22.1 Å². The van der Waals surface area contributed by atoms with Gasteiger partial charge in [0.05, 0.1) is 5.69 Å². The predicted molar refractivity (Wildman–Crippen MR) is 102 cm³/mol. The number of carbonyl (C=O) groups excluding carboxylic acids is 1. The maximum atomic E-state index is 12.4. The number of aromatic nitrogens is 2. The number of fused-ring (bicyclic) bond motifs is 1. The average molecular weight is 387 g/mol. The zero-order valence-corrected chi connectivity index (χ0v) is 16.0. The Morgan fingerprint density at radius 1 is 1.19 bits per heavy atom. The summed E-state index contributed by atoms with van der Waals surface area (Å²) < 4.78 is 12.5. The lowest BCUT2D eigenvalue weighted by Gasteiger charge is -2.24. The molecule has 6 nitrogen and oxygen atoms in total. The van der Waals surface area contributed by atoms with Crippen molar-refractivity contribution in [3.8, 4) is 5.75 Å². The van der Waals surface area contributed by atoms with Crippen LogP contribution in [0, 0.1) is 6.92 Å². The summed E-state index contributed by atoms with van der Waals surface area (Å²) in [6.07, 6.45) is 1.71. The molecule has 0 amide bonds. The van der Waals surface area contributed by atoms with Crippen LogP contribution in [0.1, 0.15) is 25.1 Å². The van der Waals surface area contributed by atoms with Crippen LogP contribution in [0.2, 0.25) is 5.02 Å². The topological polar surface area (TPSA) is 69.9 Å². The van der Waals surface area contributed by atoms with Gasteiger partial charge in [-0.15, -0.1) is 0 Å². The first kappa shape index (κ1) is 18.9. The number of hydrogen-bond acceptors (Lipinski definition) is 5. The van der Waals surface area contributed by atoms with Crippen molar-refractivity contribution in [2.45, 2.75) is 33.0 Å². The van der Waals surface area contributed by atoms with Gasteiger partial charge < -0.3 is 9.47 Å². The summed E-state index contributed by atoms with van der Waals surface area (Å²) in [7, 11) is 0. The molecule has 0 atom stereocenters. The molecule has 2 heterocycles. The molecule has 0 aliphatic heterocycles. The van der Waals surface area contributed by atoms with Crippen LogP contribution in [-0.4, -0.2) is 21.0 Å². The first-order valence-corrected chi connectivity index (χ1v) is 8.73. The number of halogens is 1. The number of ether oxygens (including phenoxy) is 2. The highest BCUT2D eigenvalue weighted by molar-refractivity contribution is 6.30. The second-order valence-corrected chi connectivity index (χ2v) is 7.10. The first-order valence-electron chi connectivity index (χ1n) is 8.35. The van der Waals surface area contributed by atoms with E-state index in [2.05, 4.69) is 4.98 Å². The first-order chi connectivity index (χ1) is 12.7. The predicted octanol–water partition coefficient (Wildman–Crippen LogP) is 3.56. The third-order valence-electron chi connectivity index (χ3n) is 3.89. The fourth-order valence-electron chi connectivity index (χ4n) is 2.48. The van der Waals surface area contributed by atoms with E-state index in [4.69, 9.17) is 21.1 Å². The lowest BCUT2D eigenvalue weighted by molar-refractivity contribution is -0.160. The molecule has 0 unspecified atom stereocenters. The van der Waals surface area contributed by atoms with Crippen molar-refractivity contribution in [2.24, 2.45) is 0 Å². The summed E-state index contributed by atoms with van der Waals surface area (Å²) in [5.41, 5.74) is 0.380. The minimum Gasteiger partial charge on any atom is -0.476 e. The molecule has 0 saturated heterocycles. The zero-order chi connectivity index (χ0) is 19.6. The Bertz CT molecular complexity index is 1040. The summed E-state index contributed by atoms with van der Waals surface area (Å²) in [5.74, 6) is -0.0675. The molecule has 0 aliphatic rings. The van der Waals surface area contributed by atoms with Crippen LogP contribution in [0.15, 0.2) is 53.5 Å². The number of esters is 1.